The van der Waals surface area contributed by atoms with Crippen LogP contribution in [0.25, 0.3) is 10.9 Å². The van der Waals surface area contributed by atoms with Crippen LogP contribution in [-0.4, -0.2) is 9.97 Å². The lowest BCUT2D eigenvalue weighted by Gasteiger charge is -1.98. The van der Waals surface area contributed by atoms with Gasteiger partial charge in [-0.2, -0.15) is 0 Å². The number of aromatic amines is 1. The minimum atomic E-state index is 0.0138. The van der Waals surface area contributed by atoms with Crippen molar-refractivity contribution < 1.29 is 0 Å². The van der Waals surface area contributed by atoms with Crippen LogP contribution in [0.4, 0.5) is 0 Å². The summed E-state index contributed by atoms with van der Waals surface area (Å²) >= 11 is 0. The number of aryl methyl sites for hydroxylation is 1. The molecule has 60 valence electrons. The molecule has 0 aliphatic heterocycles. The molecule has 3 nitrogen and oxygen atoms in total. The number of fused-ring (bicyclic) bond motifs is 1. The standard InChI is InChI=1S/C9H8N2O/c1-6-4-10-5-7-8(12)2-3-11-9(6)7/h2-5H,1H3,(H,11,12). The van der Waals surface area contributed by atoms with Gasteiger partial charge in [-0.3, -0.25) is 9.78 Å². The highest BCUT2D eigenvalue weighted by molar-refractivity contribution is 5.79. The van der Waals surface area contributed by atoms with Crippen LogP contribution >= 0.6 is 0 Å². The van der Waals surface area contributed by atoms with Crippen LogP contribution in [0.2, 0.25) is 0 Å². The molecular formula is C9H8N2O. The Morgan fingerprint density at radius 2 is 2.25 bits per heavy atom. The first-order valence-electron chi connectivity index (χ1n) is 3.71. The van der Waals surface area contributed by atoms with E-state index in [1.54, 1.807) is 18.6 Å². The summed E-state index contributed by atoms with van der Waals surface area (Å²) in [5, 5.41) is 0.650. The zero-order valence-electron chi connectivity index (χ0n) is 6.66. The second-order valence-electron chi connectivity index (χ2n) is 2.72. The summed E-state index contributed by atoms with van der Waals surface area (Å²) < 4.78 is 0. The SMILES string of the molecule is Cc1cncc2c(=O)cc[nH]c12. The molecule has 2 rings (SSSR count). The van der Waals surface area contributed by atoms with Crippen molar-refractivity contribution in [3.05, 3.63) is 40.4 Å². The van der Waals surface area contributed by atoms with E-state index in [1.807, 2.05) is 6.92 Å². The predicted molar refractivity (Wildman–Crippen MR) is 47.1 cm³/mol. The Bertz CT molecular complexity index is 473. The van der Waals surface area contributed by atoms with E-state index in [0.717, 1.165) is 11.1 Å². The van der Waals surface area contributed by atoms with Gasteiger partial charge >= 0.3 is 0 Å². The van der Waals surface area contributed by atoms with E-state index in [1.165, 1.54) is 6.07 Å². The van der Waals surface area contributed by atoms with Crippen LogP contribution < -0.4 is 5.43 Å². The Kier molecular flexibility index (Phi) is 1.43. The number of pyridine rings is 2. The predicted octanol–water partition coefficient (Wildman–Crippen LogP) is 1.23. The van der Waals surface area contributed by atoms with Crippen molar-refractivity contribution in [2.45, 2.75) is 6.92 Å². The summed E-state index contributed by atoms with van der Waals surface area (Å²) in [7, 11) is 0. The number of nitrogens with one attached hydrogen (secondary N) is 1. The van der Waals surface area contributed by atoms with Crippen molar-refractivity contribution in [1.82, 2.24) is 9.97 Å². The molecule has 0 unspecified atom stereocenters. The van der Waals surface area contributed by atoms with Crippen LogP contribution in [0.15, 0.2) is 29.5 Å². The van der Waals surface area contributed by atoms with Gasteiger partial charge in [0.25, 0.3) is 0 Å². The molecule has 2 aromatic heterocycles. The lowest BCUT2D eigenvalue weighted by molar-refractivity contribution is 1.26. The highest BCUT2D eigenvalue weighted by Crippen LogP contribution is 2.08. The van der Waals surface area contributed by atoms with Gasteiger partial charge in [-0.05, 0) is 12.5 Å². The van der Waals surface area contributed by atoms with Gasteiger partial charge in [-0.1, -0.05) is 0 Å². The quantitative estimate of drug-likeness (QED) is 0.630. The first-order valence-corrected chi connectivity index (χ1v) is 3.71. The number of hydrogen-bond acceptors (Lipinski definition) is 2. The number of aromatic nitrogens is 2. The van der Waals surface area contributed by atoms with Gasteiger partial charge in [0.1, 0.15) is 0 Å². The minimum Gasteiger partial charge on any atom is -0.361 e. The average molecular weight is 160 g/mol. The molecule has 0 atom stereocenters. The van der Waals surface area contributed by atoms with E-state index in [4.69, 9.17) is 0 Å². The molecule has 0 saturated heterocycles. The molecule has 0 aliphatic rings. The summed E-state index contributed by atoms with van der Waals surface area (Å²) in [4.78, 5) is 18.2. The van der Waals surface area contributed by atoms with Crippen molar-refractivity contribution in [2.24, 2.45) is 0 Å². The first kappa shape index (κ1) is 7.03. The zero-order chi connectivity index (χ0) is 8.55. The molecule has 2 aromatic rings. The maximum atomic E-state index is 11.3. The molecule has 0 aromatic carbocycles. The molecule has 0 aliphatic carbocycles. The Morgan fingerprint density at radius 3 is 3.00 bits per heavy atom. The monoisotopic (exact) mass is 160 g/mol. The molecule has 0 saturated carbocycles. The normalized spacial score (nSPS) is 10.4. The third kappa shape index (κ3) is 0.906. The molecule has 12 heavy (non-hydrogen) atoms. The van der Waals surface area contributed by atoms with Gasteiger partial charge in [-0.25, -0.2) is 0 Å². The maximum absolute atomic E-state index is 11.3. The molecule has 0 spiro atoms. The van der Waals surface area contributed by atoms with Crippen LogP contribution in [0.5, 0.6) is 0 Å². The van der Waals surface area contributed by atoms with Gasteiger partial charge in [0.2, 0.25) is 0 Å². The number of H-pyrrole nitrogens is 1. The molecule has 0 bridgehead atoms. The Hall–Kier alpha value is -1.64. The van der Waals surface area contributed by atoms with Crippen LogP contribution in [0, 0.1) is 6.92 Å². The average Bonchev–Trinajstić information content (AvgIpc) is 2.07. The van der Waals surface area contributed by atoms with Crippen molar-refractivity contribution >= 4 is 10.9 Å². The van der Waals surface area contributed by atoms with Crippen LogP contribution in [0.1, 0.15) is 5.56 Å². The minimum absolute atomic E-state index is 0.0138. The lowest BCUT2D eigenvalue weighted by Crippen LogP contribution is -2.01. The van der Waals surface area contributed by atoms with Gasteiger partial charge < -0.3 is 4.98 Å². The number of rotatable bonds is 0. The summed E-state index contributed by atoms with van der Waals surface area (Å²) in [6.07, 6.45) is 4.97. The number of nitrogens with zero attached hydrogens (tertiary/aromatic N) is 1. The van der Waals surface area contributed by atoms with E-state index in [0.29, 0.717) is 5.39 Å². The molecule has 0 fully saturated rings. The summed E-state index contributed by atoms with van der Waals surface area (Å²) in [6, 6.07) is 1.50. The second kappa shape index (κ2) is 2.44. The van der Waals surface area contributed by atoms with Crippen molar-refractivity contribution in [3.8, 4) is 0 Å². The van der Waals surface area contributed by atoms with E-state index in [-0.39, 0.29) is 5.43 Å². The van der Waals surface area contributed by atoms with Gasteiger partial charge in [0, 0.05) is 24.7 Å². The second-order valence-corrected chi connectivity index (χ2v) is 2.72. The molecule has 0 radical (unpaired) electrons. The fraction of sp³-hybridized carbons (Fsp3) is 0.111. The summed E-state index contributed by atoms with van der Waals surface area (Å²) in [5.41, 5.74) is 1.88. The van der Waals surface area contributed by atoms with E-state index in [9.17, 15) is 4.79 Å². The van der Waals surface area contributed by atoms with Crippen molar-refractivity contribution in [3.63, 3.8) is 0 Å². The van der Waals surface area contributed by atoms with Crippen molar-refractivity contribution in [1.29, 1.82) is 0 Å². The lowest BCUT2D eigenvalue weighted by atomic mass is 10.2. The third-order valence-corrected chi connectivity index (χ3v) is 1.86. The maximum Gasteiger partial charge on any atom is 0.190 e. The van der Waals surface area contributed by atoms with Crippen LogP contribution in [0.3, 0.4) is 0 Å². The Morgan fingerprint density at radius 1 is 1.42 bits per heavy atom. The molecule has 2 heterocycles. The number of hydrogen-bond donors (Lipinski definition) is 1. The molecule has 1 N–H and O–H groups in total. The van der Waals surface area contributed by atoms with Crippen molar-refractivity contribution in [2.75, 3.05) is 0 Å². The summed E-state index contributed by atoms with van der Waals surface area (Å²) in [6.45, 7) is 1.92. The topological polar surface area (TPSA) is 45.8 Å². The Balaban J connectivity index is 3.05. The van der Waals surface area contributed by atoms with E-state index >= 15 is 0 Å². The van der Waals surface area contributed by atoms with E-state index in [2.05, 4.69) is 9.97 Å². The summed E-state index contributed by atoms with van der Waals surface area (Å²) in [5.74, 6) is 0. The van der Waals surface area contributed by atoms with Gasteiger partial charge in [0.15, 0.2) is 5.43 Å². The van der Waals surface area contributed by atoms with Gasteiger partial charge in [0.05, 0.1) is 10.9 Å². The molecule has 0 amide bonds. The first-order chi connectivity index (χ1) is 5.79. The molecule has 3 heteroatoms. The van der Waals surface area contributed by atoms with E-state index < -0.39 is 0 Å². The molecular weight excluding hydrogens is 152 g/mol. The smallest absolute Gasteiger partial charge is 0.190 e. The van der Waals surface area contributed by atoms with Crippen LogP contribution in [-0.2, 0) is 0 Å². The highest BCUT2D eigenvalue weighted by atomic mass is 16.1. The fourth-order valence-corrected chi connectivity index (χ4v) is 1.23. The zero-order valence-corrected chi connectivity index (χ0v) is 6.66. The Labute approximate surface area is 69.1 Å². The fourth-order valence-electron chi connectivity index (χ4n) is 1.23. The van der Waals surface area contributed by atoms with Gasteiger partial charge in [-0.15, -0.1) is 0 Å². The third-order valence-electron chi connectivity index (χ3n) is 1.86. The highest BCUT2D eigenvalue weighted by Gasteiger charge is 1.98. The largest absolute Gasteiger partial charge is 0.361 e.